The fraction of sp³-hybridized carbons (Fsp3) is 0.529. The smallest absolute Gasteiger partial charge is 0.323 e. The summed E-state index contributed by atoms with van der Waals surface area (Å²) < 4.78 is 0. The summed E-state index contributed by atoms with van der Waals surface area (Å²) in [5, 5.41) is 0.617. The van der Waals surface area contributed by atoms with Crippen molar-refractivity contribution in [2.24, 2.45) is 5.41 Å². The number of halogens is 1. The number of likely N-dealkylation sites (N-methyl/N-ethyl adjacent to an activating group) is 1. The van der Waals surface area contributed by atoms with Gasteiger partial charge in [-0.3, -0.25) is 14.6 Å². The van der Waals surface area contributed by atoms with Crippen LogP contribution in [0.2, 0.25) is 5.02 Å². The van der Waals surface area contributed by atoms with E-state index in [0.29, 0.717) is 5.02 Å². The SMILES string of the molecule is CC1C(=O)N(C)C(C(C)(C)C)N1C(=O)N(C)c1ccc(Cl)cc1. The number of carbonyl (C=O) groups excluding carboxylic acids is 2. The Hall–Kier alpha value is -1.75. The Kier molecular flexibility index (Phi) is 4.62. The molecule has 0 N–H and O–H groups in total. The highest BCUT2D eigenvalue weighted by Crippen LogP contribution is 2.35. The van der Waals surface area contributed by atoms with Crippen molar-refractivity contribution >= 4 is 29.2 Å². The van der Waals surface area contributed by atoms with Gasteiger partial charge in [0.25, 0.3) is 0 Å². The highest BCUT2D eigenvalue weighted by atomic mass is 35.5. The van der Waals surface area contributed by atoms with Crippen molar-refractivity contribution in [3.63, 3.8) is 0 Å². The van der Waals surface area contributed by atoms with Crippen LogP contribution >= 0.6 is 11.6 Å². The third-order valence-corrected chi connectivity index (χ3v) is 4.50. The molecule has 1 aliphatic heterocycles. The van der Waals surface area contributed by atoms with E-state index in [0.717, 1.165) is 5.69 Å². The van der Waals surface area contributed by atoms with Gasteiger partial charge in [-0.1, -0.05) is 32.4 Å². The fourth-order valence-corrected chi connectivity index (χ4v) is 3.28. The molecule has 1 heterocycles. The maximum Gasteiger partial charge on any atom is 0.326 e. The van der Waals surface area contributed by atoms with Crippen molar-refractivity contribution in [2.45, 2.75) is 39.9 Å². The van der Waals surface area contributed by atoms with Crippen molar-refractivity contribution in [1.82, 2.24) is 9.80 Å². The molecule has 0 aromatic heterocycles. The summed E-state index contributed by atoms with van der Waals surface area (Å²) in [4.78, 5) is 30.3. The van der Waals surface area contributed by atoms with Crippen LogP contribution in [0.3, 0.4) is 0 Å². The van der Waals surface area contributed by atoms with Crippen molar-refractivity contribution in [1.29, 1.82) is 0 Å². The lowest BCUT2D eigenvalue weighted by Gasteiger charge is -2.40. The highest BCUT2D eigenvalue weighted by molar-refractivity contribution is 6.30. The number of anilines is 1. The molecule has 2 rings (SSSR count). The van der Waals surface area contributed by atoms with E-state index in [4.69, 9.17) is 11.6 Å². The van der Waals surface area contributed by atoms with Crippen molar-refractivity contribution in [2.75, 3.05) is 19.0 Å². The average molecular weight is 338 g/mol. The predicted molar refractivity (Wildman–Crippen MR) is 92.6 cm³/mol. The van der Waals surface area contributed by atoms with Gasteiger partial charge in [-0.25, -0.2) is 4.79 Å². The maximum absolute atomic E-state index is 13.0. The quantitative estimate of drug-likeness (QED) is 0.788. The molecular formula is C17H24ClN3O2. The first-order valence-electron chi connectivity index (χ1n) is 7.64. The van der Waals surface area contributed by atoms with Crippen LogP contribution in [0.4, 0.5) is 10.5 Å². The summed E-state index contributed by atoms with van der Waals surface area (Å²) in [6.45, 7) is 7.87. The second-order valence-electron chi connectivity index (χ2n) is 7.09. The molecular weight excluding hydrogens is 314 g/mol. The summed E-state index contributed by atoms with van der Waals surface area (Å²) in [7, 11) is 3.46. The Bertz CT molecular complexity index is 609. The summed E-state index contributed by atoms with van der Waals surface area (Å²) in [6.07, 6.45) is -0.285. The molecule has 2 atom stereocenters. The van der Waals surface area contributed by atoms with E-state index in [1.54, 1.807) is 60.0 Å². The zero-order valence-corrected chi connectivity index (χ0v) is 15.3. The lowest BCUT2D eigenvalue weighted by atomic mass is 9.91. The summed E-state index contributed by atoms with van der Waals surface area (Å²) in [5.41, 5.74) is 0.493. The second kappa shape index (κ2) is 6.04. The third kappa shape index (κ3) is 3.15. The summed E-state index contributed by atoms with van der Waals surface area (Å²) in [6, 6.07) is 6.39. The molecule has 23 heavy (non-hydrogen) atoms. The molecule has 1 aliphatic rings. The van der Waals surface area contributed by atoms with E-state index in [1.165, 1.54) is 0 Å². The third-order valence-electron chi connectivity index (χ3n) is 4.25. The summed E-state index contributed by atoms with van der Waals surface area (Å²) in [5.74, 6) is -0.0391. The first-order chi connectivity index (χ1) is 10.6. The van der Waals surface area contributed by atoms with Gasteiger partial charge in [0.05, 0.1) is 0 Å². The molecule has 0 bridgehead atoms. The van der Waals surface area contributed by atoms with Crippen LogP contribution in [-0.2, 0) is 4.79 Å². The molecule has 0 radical (unpaired) electrons. The molecule has 1 saturated heterocycles. The molecule has 1 fully saturated rings. The van der Waals surface area contributed by atoms with Gasteiger partial charge in [0.15, 0.2) is 0 Å². The topological polar surface area (TPSA) is 43.9 Å². The van der Waals surface area contributed by atoms with Crippen LogP contribution in [0.5, 0.6) is 0 Å². The molecule has 3 amide bonds. The zero-order valence-electron chi connectivity index (χ0n) is 14.5. The monoisotopic (exact) mass is 337 g/mol. The van der Waals surface area contributed by atoms with Crippen LogP contribution in [0, 0.1) is 5.41 Å². The molecule has 0 spiro atoms. The van der Waals surface area contributed by atoms with Crippen LogP contribution in [0.1, 0.15) is 27.7 Å². The molecule has 0 saturated carbocycles. The van der Waals surface area contributed by atoms with Crippen molar-refractivity contribution < 1.29 is 9.59 Å². The number of urea groups is 1. The van der Waals surface area contributed by atoms with Crippen LogP contribution < -0.4 is 4.90 Å². The second-order valence-corrected chi connectivity index (χ2v) is 7.53. The van der Waals surface area contributed by atoms with Gasteiger partial charge in [0.1, 0.15) is 12.2 Å². The number of benzene rings is 1. The average Bonchev–Trinajstić information content (AvgIpc) is 2.70. The maximum atomic E-state index is 13.0. The van der Waals surface area contributed by atoms with E-state index in [2.05, 4.69) is 0 Å². The Balaban J connectivity index is 2.35. The molecule has 2 unspecified atom stereocenters. The van der Waals surface area contributed by atoms with Gasteiger partial charge in [-0.05, 0) is 31.2 Å². The van der Waals surface area contributed by atoms with Crippen molar-refractivity contribution in [3.8, 4) is 0 Å². The van der Waals surface area contributed by atoms with E-state index in [-0.39, 0.29) is 23.5 Å². The van der Waals surface area contributed by atoms with E-state index >= 15 is 0 Å². The van der Waals surface area contributed by atoms with Crippen LogP contribution in [0.15, 0.2) is 24.3 Å². The number of nitrogens with zero attached hydrogens (tertiary/aromatic N) is 3. The number of rotatable bonds is 1. The normalized spacial score (nSPS) is 21.8. The summed E-state index contributed by atoms with van der Waals surface area (Å²) >= 11 is 5.90. The van der Waals surface area contributed by atoms with Crippen molar-refractivity contribution in [3.05, 3.63) is 29.3 Å². The van der Waals surface area contributed by atoms with Gasteiger partial charge < -0.3 is 4.90 Å². The minimum atomic E-state index is -0.480. The van der Waals surface area contributed by atoms with Gasteiger partial charge >= 0.3 is 6.03 Å². The number of amides is 3. The van der Waals surface area contributed by atoms with Crippen LogP contribution in [0.25, 0.3) is 0 Å². The molecule has 1 aromatic rings. The largest absolute Gasteiger partial charge is 0.326 e. The van der Waals surface area contributed by atoms with E-state index in [9.17, 15) is 9.59 Å². The minimum absolute atomic E-state index is 0.0391. The number of carbonyl (C=O) groups is 2. The minimum Gasteiger partial charge on any atom is -0.323 e. The number of hydrogen-bond acceptors (Lipinski definition) is 2. The van der Waals surface area contributed by atoms with Gasteiger partial charge in [-0.2, -0.15) is 0 Å². The standard InChI is InChI=1S/C17H24ClN3O2/c1-11-14(22)20(6)15(17(2,3)4)21(11)16(23)19(5)13-9-7-12(18)8-10-13/h7-11,15H,1-6H3. The molecule has 5 nitrogen and oxygen atoms in total. The first kappa shape index (κ1) is 17.6. The van der Waals surface area contributed by atoms with E-state index < -0.39 is 6.04 Å². The fourth-order valence-electron chi connectivity index (χ4n) is 3.15. The lowest BCUT2D eigenvalue weighted by Crippen LogP contribution is -2.54. The highest BCUT2D eigenvalue weighted by Gasteiger charge is 2.50. The van der Waals surface area contributed by atoms with Gasteiger partial charge in [0, 0.05) is 30.2 Å². The van der Waals surface area contributed by atoms with Gasteiger partial charge in [0.2, 0.25) is 5.91 Å². The van der Waals surface area contributed by atoms with E-state index in [1.807, 2.05) is 20.8 Å². The Morgan fingerprint density at radius 1 is 1.22 bits per heavy atom. The van der Waals surface area contributed by atoms with Gasteiger partial charge in [-0.15, -0.1) is 0 Å². The Morgan fingerprint density at radius 2 is 1.74 bits per heavy atom. The molecule has 0 aliphatic carbocycles. The first-order valence-corrected chi connectivity index (χ1v) is 8.01. The zero-order chi connectivity index (χ0) is 17.5. The molecule has 6 heteroatoms. The lowest BCUT2D eigenvalue weighted by molar-refractivity contribution is -0.129. The Labute approximate surface area is 142 Å². The van der Waals surface area contributed by atoms with Crippen LogP contribution in [-0.4, -0.2) is 48.0 Å². The predicted octanol–water partition coefficient (Wildman–Crippen LogP) is 3.43. The Morgan fingerprint density at radius 3 is 2.22 bits per heavy atom. The number of hydrogen-bond donors (Lipinski definition) is 0. The molecule has 126 valence electrons. The molecule has 1 aromatic carbocycles.